The van der Waals surface area contributed by atoms with Gasteiger partial charge in [-0.25, -0.2) is 0 Å². The maximum absolute atomic E-state index is 6.68. The summed E-state index contributed by atoms with van der Waals surface area (Å²) < 4.78 is 0. The van der Waals surface area contributed by atoms with Gasteiger partial charge in [-0.05, 0) is 86.1 Å². The Hall–Kier alpha value is -1.50. The average Bonchev–Trinajstić information content (AvgIpc) is 2.86. The van der Waals surface area contributed by atoms with Crippen LogP contribution in [0.25, 0.3) is 16.7 Å². The minimum absolute atomic E-state index is 0.613. The number of benzene rings is 2. The minimum Gasteiger partial charge on any atom is -0.0827 e. The fourth-order valence-electron chi connectivity index (χ4n) is 3.53. The molecule has 0 amide bonds. The van der Waals surface area contributed by atoms with Gasteiger partial charge in [0.05, 0.1) is 10.0 Å². The Kier molecular flexibility index (Phi) is 4.64. The fraction of sp³-hybridized carbons (Fsp3) is 0.273. The zero-order valence-corrected chi connectivity index (χ0v) is 16.4. The molecule has 0 aromatic heterocycles. The standard InChI is InChI=1S/C22H22Cl2/c1-12-10-14(3)19(11-12)21-18(8-9-20(23)22(21)24)17-7-6-13(2)15(4)16(17)5/h6-10H,11H2,1-5H3. The van der Waals surface area contributed by atoms with E-state index < -0.39 is 0 Å². The van der Waals surface area contributed by atoms with Crippen molar-refractivity contribution >= 4 is 28.8 Å². The summed E-state index contributed by atoms with van der Waals surface area (Å²) in [5.74, 6) is 0. The quantitative estimate of drug-likeness (QED) is 0.516. The topological polar surface area (TPSA) is 0 Å². The van der Waals surface area contributed by atoms with Gasteiger partial charge in [0.2, 0.25) is 0 Å². The lowest BCUT2D eigenvalue weighted by atomic mass is 9.87. The zero-order chi connectivity index (χ0) is 17.6. The smallest absolute Gasteiger partial charge is 0.0673 e. The van der Waals surface area contributed by atoms with Gasteiger partial charge in [0.15, 0.2) is 0 Å². The summed E-state index contributed by atoms with van der Waals surface area (Å²) >= 11 is 13.0. The molecule has 2 heteroatoms. The third kappa shape index (κ3) is 2.83. The molecule has 2 aromatic carbocycles. The minimum atomic E-state index is 0.613. The lowest BCUT2D eigenvalue weighted by Gasteiger charge is -2.19. The van der Waals surface area contributed by atoms with Gasteiger partial charge in [-0.3, -0.25) is 0 Å². The number of halogens is 2. The predicted octanol–water partition coefficient (Wildman–Crippen LogP) is 7.71. The first-order valence-electron chi connectivity index (χ1n) is 8.23. The summed E-state index contributed by atoms with van der Waals surface area (Å²) in [6.07, 6.45) is 3.17. The van der Waals surface area contributed by atoms with E-state index in [1.54, 1.807) is 0 Å². The molecule has 0 heterocycles. The maximum Gasteiger partial charge on any atom is 0.0673 e. The van der Waals surface area contributed by atoms with Crippen LogP contribution in [-0.2, 0) is 0 Å². The van der Waals surface area contributed by atoms with Crippen molar-refractivity contribution in [3.8, 4) is 11.1 Å². The summed E-state index contributed by atoms with van der Waals surface area (Å²) in [5.41, 5.74) is 11.4. The zero-order valence-electron chi connectivity index (χ0n) is 14.8. The normalized spacial score (nSPS) is 14.4. The van der Waals surface area contributed by atoms with Gasteiger partial charge in [-0.2, -0.15) is 0 Å². The third-order valence-corrected chi connectivity index (χ3v) is 5.94. The van der Waals surface area contributed by atoms with E-state index in [1.807, 2.05) is 6.07 Å². The highest BCUT2D eigenvalue weighted by atomic mass is 35.5. The number of hydrogen-bond acceptors (Lipinski definition) is 0. The Labute approximate surface area is 154 Å². The van der Waals surface area contributed by atoms with E-state index in [-0.39, 0.29) is 0 Å². The molecule has 0 atom stereocenters. The molecule has 0 radical (unpaired) electrons. The lowest BCUT2D eigenvalue weighted by Crippen LogP contribution is -1.97. The van der Waals surface area contributed by atoms with Gasteiger partial charge in [0, 0.05) is 5.56 Å². The van der Waals surface area contributed by atoms with Gasteiger partial charge in [0.25, 0.3) is 0 Å². The van der Waals surface area contributed by atoms with Crippen molar-refractivity contribution in [2.75, 3.05) is 0 Å². The van der Waals surface area contributed by atoms with Gasteiger partial charge in [-0.15, -0.1) is 0 Å². The molecule has 0 saturated heterocycles. The van der Waals surface area contributed by atoms with Crippen molar-refractivity contribution in [1.82, 2.24) is 0 Å². The summed E-state index contributed by atoms with van der Waals surface area (Å²) in [5, 5.41) is 1.27. The van der Waals surface area contributed by atoms with Crippen LogP contribution in [0.15, 0.2) is 41.5 Å². The molecular weight excluding hydrogens is 335 g/mol. The first-order chi connectivity index (χ1) is 11.3. The van der Waals surface area contributed by atoms with Crippen LogP contribution in [0.1, 0.15) is 42.5 Å². The maximum atomic E-state index is 6.68. The van der Waals surface area contributed by atoms with Crippen molar-refractivity contribution in [1.29, 1.82) is 0 Å². The van der Waals surface area contributed by atoms with Gasteiger partial charge < -0.3 is 0 Å². The second-order valence-electron chi connectivity index (χ2n) is 6.79. The molecule has 0 saturated carbocycles. The summed E-state index contributed by atoms with van der Waals surface area (Å²) in [6, 6.07) is 8.40. The van der Waals surface area contributed by atoms with E-state index in [2.05, 4.69) is 58.9 Å². The van der Waals surface area contributed by atoms with Crippen LogP contribution >= 0.6 is 23.2 Å². The SMILES string of the molecule is CC1=CC(C)=C(c2c(-c3ccc(C)c(C)c3C)ccc(Cl)c2Cl)C1. The monoisotopic (exact) mass is 356 g/mol. The molecule has 0 aliphatic heterocycles. The van der Waals surface area contributed by atoms with Gasteiger partial charge in [-0.1, -0.05) is 53.1 Å². The van der Waals surface area contributed by atoms with Crippen LogP contribution in [0, 0.1) is 20.8 Å². The van der Waals surface area contributed by atoms with Crippen LogP contribution < -0.4 is 0 Å². The van der Waals surface area contributed by atoms with E-state index in [4.69, 9.17) is 23.2 Å². The highest BCUT2D eigenvalue weighted by Crippen LogP contribution is 2.45. The van der Waals surface area contributed by atoms with E-state index in [0.29, 0.717) is 10.0 Å². The molecular formula is C22H22Cl2. The second-order valence-corrected chi connectivity index (χ2v) is 7.58. The highest BCUT2D eigenvalue weighted by Gasteiger charge is 2.22. The van der Waals surface area contributed by atoms with Crippen molar-refractivity contribution in [3.05, 3.63) is 73.8 Å². The van der Waals surface area contributed by atoms with E-state index in [0.717, 1.165) is 12.0 Å². The molecule has 0 N–H and O–H groups in total. The van der Waals surface area contributed by atoms with Crippen molar-refractivity contribution in [2.45, 2.75) is 41.0 Å². The van der Waals surface area contributed by atoms with Gasteiger partial charge in [0.1, 0.15) is 0 Å². The number of hydrogen-bond donors (Lipinski definition) is 0. The summed E-state index contributed by atoms with van der Waals surface area (Å²) in [4.78, 5) is 0. The molecule has 3 rings (SSSR count). The van der Waals surface area contributed by atoms with Crippen molar-refractivity contribution in [2.24, 2.45) is 0 Å². The Bertz CT molecular complexity index is 899. The molecule has 0 fully saturated rings. The number of allylic oxidation sites excluding steroid dienone is 4. The Morgan fingerprint density at radius 1 is 0.792 bits per heavy atom. The van der Waals surface area contributed by atoms with Crippen LogP contribution in [0.3, 0.4) is 0 Å². The van der Waals surface area contributed by atoms with E-state index >= 15 is 0 Å². The first kappa shape index (κ1) is 17.3. The molecule has 0 bridgehead atoms. The molecule has 1 aliphatic rings. The Morgan fingerprint density at radius 2 is 1.46 bits per heavy atom. The van der Waals surface area contributed by atoms with E-state index in [9.17, 15) is 0 Å². The van der Waals surface area contributed by atoms with Crippen molar-refractivity contribution < 1.29 is 0 Å². The molecule has 0 nitrogen and oxygen atoms in total. The molecule has 1 aliphatic carbocycles. The first-order valence-corrected chi connectivity index (χ1v) is 8.99. The number of aryl methyl sites for hydroxylation is 1. The fourth-order valence-corrected chi connectivity index (χ4v) is 3.97. The summed E-state index contributed by atoms with van der Waals surface area (Å²) in [7, 11) is 0. The third-order valence-electron chi connectivity index (χ3n) is 5.14. The molecule has 0 unspecified atom stereocenters. The van der Waals surface area contributed by atoms with Crippen LogP contribution in [-0.4, -0.2) is 0 Å². The highest BCUT2D eigenvalue weighted by molar-refractivity contribution is 6.43. The summed E-state index contributed by atoms with van der Waals surface area (Å²) in [6.45, 7) is 10.8. The van der Waals surface area contributed by atoms with Crippen molar-refractivity contribution in [3.63, 3.8) is 0 Å². The number of rotatable bonds is 2. The van der Waals surface area contributed by atoms with Crippen LogP contribution in [0.2, 0.25) is 10.0 Å². The average molecular weight is 357 g/mol. The van der Waals surface area contributed by atoms with Crippen LogP contribution in [0.4, 0.5) is 0 Å². The Balaban J connectivity index is 2.30. The molecule has 124 valence electrons. The lowest BCUT2D eigenvalue weighted by molar-refractivity contribution is 1.25. The molecule has 2 aromatic rings. The predicted molar refractivity (Wildman–Crippen MR) is 107 cm³/mol. The molecule has 24 heavy (non-hydrogen) atoms. The second kappa shape index (κ2) is 6.43. The van der Waals surface area contributed by atoms with E-state index in [1.165, 1.54) is 44.5 Å². The largest absolute Gasteiger partial charge is 0.0827 e. The Morgan fingerprint density at radius 3 is 2.08 bits per heavy atom. The van der Waals surface area contributed by atoms with Crippen LogP contribution in [0.5, 0.6) is 0 Å². The van der Waals surface area contributed by atoms with Gasteiger partial charge >= 0.3 is 0 Å². The molecule has 0 spiro atoms.